The van der Waals surface area contributed by atoms with E-state index in [0.717, 1.165) is 11.3 Å². The van der Waals surface area contributed by atoms with Crippen molar-refractivity contribution in [1.82, 2.24) is 4.98 Å². The van der Waals surface area contributed by atoms with E-state index >= 15 is 0 Å². The van der Waals surface area contributed by atoms with Gasteiger partial charge >= 0.3 is 12.1 Å². The monoisotopic (exact) mass is 359 g/mol. The van der Waals surface area contributed by atoms with Crippen molar-refractivity contribution >= 4 is 34.2 Å². The Morgan fingerprint density at radius 2 is 2.12 bits per heavy atom. The molecule has 1 amide bonds. The maximum atomic E-state index is 11.9. The SMILES string of the molecule is CCOC(=O)C(=NOCCO)c1csc(NC(=O)OC(C)(C)C)n1. The van der Waals surface area contributed by atoms with Crippen molar-refractivity contribution in [3.05, 3.63) is 11.1 Å². The third-order valence-electron chi connectivity index (χ3n) is 2.16. The van der Waals surface area contributed by atoms with Crippen LogP contribution in [0.25, 0.3) is 0 Å². The molecule has 0 aromatic carbocycles. The summed E-state index contributed by atoms with van der Waals surface area (Å²) in [7, 11) is 0. The van der Waals surface area contributed by atoms with Crippen molar-refractivity contribution in [2.75, 3.05) is 25.1 Å². The quantitative estimate of drug-likeness (QED) is 0.329. The number of hydrogen-bond donors (Lipinski definition) is 2. The Morgan fingerprint density at radius 1 is 1.42 bits per heavy atom. The van der Waals surface area contributed by atoms with E-state index in [2.05, 4.69) is 15.5 Å². The van der Waals surface area contributed by atoms with Gasteiger partial charge in [-0.05, 0) is 27.7 Å². The molecule has 0 atom stereocenters. The number of hydrogen-bond acceptors (Lipinski definition) is 9. The number of carbonyl (C=O) groups is 2. The van der Waals surface area contributed by atoms with Crippen molar-refractivity contribution in [3.63, 3.8) is 0 Å². The number of carbonyl (C=O) groups excluding carboxylic acids is 2. The zero-order valence-corrected chi connectivity index (χ0v) is 14.8. The number of thiazole rings is 1. The number of ether oxygens (including phenoxy) is 2. The van der Waals surface area contributed by atoms with Crippen LogP contribution < -0.4 is 5.32 Å². The molecule has 0 spiro atoms. The van der Waals surface area contributed by atoms with Crippen LogP contribution in [-0.2, 0) is 19.1 Å². The number of aromatic nitrogens is 1. The maximum absolute atomic E-state index is 11.9. The average molecular weight is 359 g/mol. The molecule has 0 aliphatic carbocycles. The molecule has 0 radical (unpaired) electrons. The molecule has 134 valence electrons. The summed E-state index contributed by atoms with van der Waals surface area (Å²) < 4.78 is 10.0. The zero-order valence-electron chi connectivity index (χ0n) is 14.0. The predicted octanol–water partition coefficient (Wildman–Crippen LogP) is 1.77. The summed E-state index contributed by atoms with van der Waals surface area (Å²) in [5.74, 6) is -0.718. The minimum atomic E-state index is -0.718. The van der Waals surface area contributed by atoms with Gasteiger partial charge in [-0.2, -0.15) is 0 Å². The number of rotatable bonds is 7. The summed E-state index contributed by atoms with van der Waals surface area (Å²) in [6.45, 7) is 6.71. The first-order valence-electron chi connectivity index (χ1n) is 7.20. The molecule has 10 heteroatoms. The van der Waals surface area contributed by atoms with Crippen LogP contribution in [0.2, 0.25) is 0 Å². The standard InChI is InChI=1S/C14H21N3O6S/c1-5-21-11(19)10(17-22-7-6-18)9-8-24-12(15-9)16-13(20)23-14(2,3)4/h8,18H,5-7H2,1-4H3,(H,15,16,20). The number of oxime groups is 1. The first-order chi connectivity index (χ1) is 11.3. The third-order valence-corrected chi connectivity index (χ3v) is 2.92. The summed E-state index contributed by atoms with van der Waals surface area (Å²) in [6, 6.07) is 0. The fraction of sp³-hybridized carbons (Fsp3) is 0.571. The number of amides is 1. The van der Waals surface area contributed by atoms with Gasteiger partial charge in [0.05, 0.1) is 13.2 Å². The molecule has 1 aromatic heterocycles. The van der Waals surface area contributed by atoms with Crippen LogP contribution in [0.3, 0.4) is 0 Å². The van der Waals surface area contributed by atoms with Crippen LogP contribution in [0.15, 0.2) is 10.5 Å². The largest absolute Gasteiger partial charge is 0.461 e. The summed E-state index contributed by atoms with van der Waals surface area (Å²) in [5, 5.41) is 16.6. The second-order valence-electron chi connectivity index (χ2n) is 5.38. The van der Waals surface area contributed by atoms with Gasteiger partial charge in [0.25, 0.3) is 0 Å². The lowest BCUT2D eigenvalue weighted by Crippen LogP contribution is -2.27. The molecular formula is C14H21N3O6S. The molecule has 0 aliphatic rings. The molecule has 0 aliphatic heterocycles. The van der Waals surface area contributed by atoms with Gasteiger partial charge in [-0.15, -0.1) is 11.3 Å². The van der Waals surface area contributed by atoms with Gasteiger partial charge in [0, 0.05) is 5.38 Å². The predicted molar refractivity (Wildman–Crippen MR) is 88.2 cm³/mol. The number of aliphatic hydroxyl groups is 1. The Morgan fingerprint density at radius 3 is 2.71 bits per heavy atom. The summed E-state index contributed by atoms with van der Waals surface area (Å²) >= 11 is 1.09. The zero-order chi connectivity index (χ0) is 18.2. The lowest BCUT2D eigenvalue weighted by Gasteiger charge is -2.18. The molecule has 1 heterocycles. The number of nitrogens with zero attached hydrogens (tertiary/aromatic N) is 2. The second-order valence-corrected chi connectivity index (χ2v) is 6.24. The summed E-state index contributed by atoms with van der Waals surface area (Å²) in [4.78, 5) is 32.5. The molecule has 0 bridgehead atoms. The number of aliphatic hydroxyl groups excluding tert-OH is 1. The van der Waals surface area contributed by atoms with Crippen LogP contribution in [-0.4, -0.2) is 53.3 Å². The Bertz CT molecular complexity index is 594. The van der Waals surface area contributed by atoms with Gasteiger partial charge in [-0.1, -0.05) is 5.16 Å². The van der Waals surface area contributed by atoms with Gasteiger partial charge in [0.1, 0.15) is 17.9 Å². The summed E-state index contributed by atoms with van der Waals surface area (Å²) in [5.41, 5.74) is -0.610. The lowest BCUT2D eigenvalue weighted by atomic mass is 10.2. The second kappa shape index (κ2) is 9.18. The van der Waals surface area contributed by atoms with Gasteiger partial charge in [-0.25, -0.2) is 14.6 Å². The van der Waals surface area contributed by atoms with Gasteiger partial charge in [0.2, 0.25) is 5.71 Å². The van der Waals surface area contributed by atoms with E-state index in [4.69, 9.17) is 19.4 Å². The fourth-order valence-electron chi connectivity index (χ4n) is 1.37. The van der Waals surface area contributed by atoms with E-state index < -0.39 is 17.7 Å². The molecule has 0 unspecified atom stereocenters. The van der Waals surface area contributed by atoms with Crippen molar-refractivity contribution in [1.29, 1.82) is 0 Å². The highest BCUT2D eigenvalue weighted by Crippen LogP contribution is 2.18. The molecule has 9 nitrogen and oxygen atoms in total. The van der Waals surface area contributed by atoms with Crippen molar-refractivity contribution < 1.29 is 29.0 Å². The Kier molecular flexibility index (Phi) is 7.59. The van der Waals surface area contributed by atoms with E-state index in [9.17, 15) is 9.59 Å². The van der Waals surface area contributed by atoms with Crippen LogP contribution >= 0.6 is 11.3 Å². The molecule has 0 saturated heterocycles. The first-order valence-corrected chi connectivity index (χ1v) is 8.08. The highest BCUT2D eigenvalue weighted by Gasteiger charge is 2.22. The van der Waals surface area contributed by atoms with Crippen LogP contribution in [0.5, 0.6) is 0 Å². The lowest BCUT2D eigenvalue weighted by molar-refractivity contribution is -0.135. The average Bonchev–Trinajstić information content (AvgIpc) is 2.89. The van der Waals surface area contributed by atoms with Crippen LogP contribution in [0.1, 0.15) is 33.4 Å². The molecule has 0 fully saturated rings. The molecule has 1 rings (SSSR count). The third kappa shape index (κ3) is 6.92. The smallest absolute Gasteiger partial charge is 0.413 e. The van der Waals surface area contributed by atoms with Gasteiger partial charge in [-0.3, -0.25) is 5.32 Å². The molecule has 0 saturated carbocycles. The molecule has 1 aromatic rings. The van der Waals surface area contributed by atoms with E-state index in [1.54, 1.807) is 27.7 Å². The Labute approximate surface area is 143 Å². The fourth-order valence-corrected chi connectivity index (χ4v) is 2.05. The first kappa shape index (κ1) is 19.8. The van der Waals surface area contributed by atoms with Crippen molar-refractivity contribution in [2.24, 2.45) is 5.16 Å². The number of anilines is 1. The van der Waals surface area contributed by atoms with Gasteiger partial charge in [0.15, 0.2) is 5.13 Å². The molecule has 2 N–H and O–H groups in total. The van der Waals surface area contributed by atoms with Crippen molar-refractivity contribution in [3.8, 4) is 0 Å². The number of nitrogens with one attached hydrogen (secondary N) is 1. The molecular weight excluding hydrogens is 338 g/mol. The highest BCUT2D eigenvalue weighted by atomic mass is 32.1. The van der Waals surface area contributed by atoms with E-state index in [1.807, 2.05) is 0 Å². The Hall–Kier alpha value is -2.20. The van der Waals surface area contributed by atoms with Crippen LogP contribution in [0, 0.1) is 0 Å². The van der Waals surface area contributed by atoms with E-state index in [1.165, 1.54) is 5.38 Å². The highest BCUT2D eigenvalue weighted by molar-refractivity contribution is 7.14. The van der Waals surface area contributed by atoms with Gasteiger partial charge < -0.3 is 19.4 Å². The Balaban J connectivity index is 2.86. The minimum absolute atomic E-state index is 0.0734. The maximum Gasteiger partial charge on any atom is 0.413 e. The van der Waals surface area contributed by atoms with Crippen LogP contribution in [0.4, 0.5) is 9.93 Å². The minimum Gasteiger partial charge on any atom is -0.461 e. The number of esters is 1. The van der Waals surface area contributed by atoms with Crippen molar-refractivity contribution in [2.45, 2.75) is 33.3 Å². The van der Waals surface area contributed by atoms with E-state index in [-0.39, 0.29) is 36.4 Å². The van der Waals surface area contributed by atoms with E-state index in [0.29, 0.717) is 0 Å². The topological polar surface area (TPSA) is 119 Å². The summed E-state index contributed by atoms with van der Waals surface area (Å²) in [6.07, 6.45) is -0.658. The normalized spacial score (nSPS) is 11.8. The molecule has 24 heavy (non-hydrogen) atoms.